The van der Waals surface area contributed by atoms with Crippen LogP contribution in [0, 0.1) is 5.92 Å². The summed E-state index contributed by atoms with van der Waals surface area (Å²) in [6.07, 6.45) is 5.50. The van der Waals surface area contributed by atoms with E-state index in [1.54, 1.807) is 12.1 Å². The van der Waals surface area contributed by atoms with Crippen LogP contribution < -0.4 is 10.0 Å². The molecule has 6 heteroatoms. The van der Waals surface area contributed by atoms with E-state index in [2.05, 4.69) is 10.0 Å². The first-order valence-electron chi connectivity index (χ1n) is 8.29. The molecule has 1 aromatic rings. The standard InChI is InChI=1S/C17H26N2O3S/c1-13(2)12-18-23(21,22)16-10-6-7-14(11-16)17(20)19-15-8-4-3-5-9-15/h6-7,10-11,13,15,18H,3-5,8-9,12H2,1-2H3,(H,19,20). The average Bonchev–Trinajstić information content (AvgIpc) is 2.54. The van der Waals surface area contributed by atoms with Crippen LogP contribution in [0.25, 0.3) is 0 Å². The summed E-state index contributed by atoms with van der Waals surface area (Å²) in [5, 5.41) is 3.01. The molecule has 1 fully saturated rings. The molecule has 1 aliphatic rings. The molecule has 1 aromatic carbocycles. The van der Waals surface area contributed by atoms with E-state index < -0.39 is 10.0 Å². The summed E-state index contributed by atoms with van der Waals surface area (Å²) in [5.74, 6) is 0.0281. The van der Waals surface area contributed by atoms with Crippen molar-refractivity contribution in [2.45, 2.75) is 56.9 Å². The van der Waals surface area contributed by atoms with Crippen LogP contribution in [0.5, 0.6) is 0 Å². The second kappa shape index (κ2) is 7.93. The van der Waals surface area contributed by atoms with Crippen molar-refractivity contribution in [3.05, 3.63) is 29.8 Å². The van der Waals surface area contributed by atoms with Crippen molar-refractivity contribution in [3.63, 3.8) is 0 Å². The first kappa shape index (κ1) is 17.9. The van der Waals surface area contributed by atoms with Crippen LogP contribution in [0.1, 0.15) is 56.3 Å². The third-order valence-corrected chi connectivity index (χ3v) is 5.45. The van der Waals surface area contributed by atoms with Gasteiger partial charge >= 0.3 is 0 Å². The van der Waals surface area contributed by atoms with Crippen molar-refractivity contribution >= 4 is 15.9 Å². The van der Waals surface area contributed by atoms with Crippen LogP contribution >= 0.6 is 0 Å². The summed E-state index contributed by atoms with van der Waals surface area (Å²) in [7, 11) is -3.57. The summed E-state index contributed by atoms with van der Waals surface area (Å²) in [6, 6.07) is 6.43. The molecule has 1 amide bonds. The minimum atomic E-state index is -3.57. The predicted octanol–water partition coefficient (Wildman–Crippen LogP) is 2.68. The molecule has 0 spiro atoms. The molecule has 0 radical (unpaired) electrons. The molecule has 2 N–H and O–H groups in total. The Morgan fingerprint density at radius 3 is 2.57 bits per heavy atom. The molecular formula is C17H26N2O3S. The van der Waals surface area contributed by atoms with Crippen LogP contribution in [-0.2, 0) is 10.0 Å². The van der Waals surface area contributed by atoms with E-state index in [1.165, 1.54) is 18.6 Å². The minimum absolute atomic E-state index is 0.134. The lowest BCUT2D eigenvalue weighted by Gasteiger charge is -2.22. The van der Waals surface area contributed by atoms with Crippen LogP contribution in [-0.4, -0.2) is 26.9 Å². The maximum absolute atomic E-state index is 12.3. The molecule has 0 unspecified atom stereocenters. The third-order valence-electron chi connectivity index (χ3n) is 4.03. The number of rotatable bonds is 6. The van der Waals surface area contributed by atoms with Gasteiger partial charge in [-0.1, -0.05) is 39.2 Å². The Balaban J connectivity index is 2.07. The number of carbonyl (C=O) groups excluding carboxylic acids is 1. The maximum Gasteiger partial charge on any atom is 0.251 e. The van der Waals surface area contributed by atoms with Gasteiger partial charge in [0.25, 0.3) is 5.91 Å². The fourth-order valence-corrected chi connectivity index (χ4v) is 3.94. The molecule has 2 rings (SSSR count). The van der Waals surface area contributed by atoms with E-state index in [0.29, 0.717) is 12.1 Å². The van der Waals surface area contributed by atoms with Gasteiger partial charge in [0.1, 0.15) is 0 Å². The number of hydrogen-bond acceptors (Lipinski definition) is 3. The largest absolute Gasteiger partial charge is 0.349 e. The van der Waals surface area contributed by atoms with Crippen molar-refractivity contribution in [2.24, 2.45) is 5.92 Å². The Morgan fingerprint density at radius 1 is 1.22 bits per heavy atom. The van der Waals surface area contributed by atoms with Crippen LogP contribution in [0.4, 0.5) is 0 Å². The van der Waals surface area contributed by atoms with E-state index in [1.807, 2.05) is 13.8 Å². The molecule has 0 aliphatic heterocycles. The second-order valence-corrected chi connectivity index (χ2v) is 8.35. The van der Waals surface area contributed by atoms with E-state index in [4.69, 9.17) is 0 Å². The number of hydrogen-bond donors (Lipinski definition) is 2. The zero-order chi connectivity index (χ0) is 16.9. The Hall–Kier alpha value is -1.40. The molecule has 0 heterocycles. The Bertz CT molecular complexity index is 635. The molecule has 1 aliphatic carbocycles. The molecule has 0 aromatic heterocycles. The van der Waals surface area contributed by atoms with Crippen LogP contribution in [0.2, 0.25) is 0 Å². The molecule has 0 bridgehead atoms. The van der Waals surface area contributed by atoms with Crippen LogP contribution in [0.3, 0.4) is 0 Å². The summed E-state index contributed by atoms with van der Waals surface area (Å²) < 4.78 is 27.1. The van der Waals surface area contributed by atoms with E-state index in [9.17, 15) is 13.2 Å². The van der Waals surface area contributed by atoms with Gasteiger partial charge < -0.3 is 5.32 Å². The normalized spacial score (nSPS) is 16.5. The zero-order valence-electron chi connectivity index (χ0n) is 13.8. The van der Waals surface area contributed by atoms with Gasteiger partial charge in [-0.15, -0.1) is 0 Å². The van der Waals surface area contributed by atoms with Gasteiger partial charge in [-0.05, 0) is 37.0 Å². The quantitative estimate of drug-likeness (QED) is 0.837. The van der Waals surface area contributed by atoms with Crippen LogP contribution in [0.15, 0.2) is 29.2 Å². The SMILES string of the molecule is CC(C)CNS(=O)(=O)c1cccc(C(=O)NC2CCCCC2)c1. The van der Waals surface area contributed by atoms with Crippen molar-refractivity contribution in [2.75, 3.05) is 6.54 Å². The molecule has 5 nitrogen and oxygen atoms in total. The van der Waals surface area contributed by atoms with E-state index in [-0.39, 0.29) is 22.8 Å². The smallest absolute Gasteiger partial charge is 0.251 e. The Kier molecular flexibility index (Phi) is 6.18. The number of benzene rings is 1. The van der Waals surface area contributed by atoms with Crippen molar-refractivity contribution < 1.29 is 13.2 Å². The predicted molar refractivity (Wildman–Crippen MR) is 90.8 cm³/mol. The van der Waals surface area contributed by atoms with E-state index >= 15 is 0 Å². The highest BCUT2D eigenvalue weighted by molar-refractivity contribution is 7.89. The maximum atomic E-state index is 12.3. The summed E-state index contributed by atoms with van der Waals surface area (Å²) >= 11 is 0. The van der Waals surface area contributed by atoms with Gasteiger partial charge in [-0.2, -0.15) is 0 Å². The molecule has 128 valence electrons. The lowest BCUT2D eigenvalue weighted by atomic mass is 9.95. The Morgan fingerprint density at radius 2 is 1.91 bits per heavy atom. The van der Waals surface area contributed by atoms with Gasteiger partial charge in [0.05, 0.1) is 4.90 Å². The second-order valence-electron chi connectivity index (χ2n) is 6.58. The summed E-state index contributed by atoms with van der Waals surface area (Å²) in [6.45, 7) is 4.26. The van der Waals surface area contributed by atoms with Gasteiger partial charge in [0.15, 0.2) is 0 Å². The summed E-state index contributed by atoms with van der Waals surface area (Å²) in [5.41, 5.74) is 0.392. The molecule has 23 heavy (non-hydrogen) atoms. The first-order chi connectivity index (χ1) is 10.9. The first-order valence-corrected chi connectivity index (χ1v) is 9.77. The molecular weight excluding hydrogens is 312 g/mol. The lowest BCUT2D eigenvalue weighted by molar-refractivity contribution is 0.0927. The highest BCUT2D eigenvalue weighted by Gasteiger charge is 2.19. The van der Waals surface area contributed by atoms with Gasteiger partial charge in [-0.3, -0.25) is 4.79 Å². The van der Waals surface area contributed by atoms with Gasteiger partial charge in [0, 0.05) is 18.2 Å². The third kappa shape index (κ3) is 5.32. The molecule has 1 saturated carbocycles. The fraction of sp³-hybridized carbons (Fsp3) is 0.588. The van der Waals surface area contributed by atoms with Gasteiger partial charge in [-0.25, -0.2) is 13.1 Å². The minimum Gasteiger partial charge on any atom is -0.349 e. The van der Waals surface area contributed by atoms with Crippen molar-refractivity contribution in [3.8, 4) is 0 Å². The number of nitrogens with one attached hydrogen (secondary N) is 2. The molecule has 0 atom stereocenters. The van der Waals surface area contributed by atoms with Gasteiger partial charge in [0.2, 0.25) is 10.0 Å². The Labute approximate surface area is 138 Å². The highest BCUT2D eigenvalue weighted by atomic mass is 32.2. The number of sulfonamides is 1. The zero-order valence-corrected chi connectivity index (χ0v) is 14.7. The monoisotopic (exact) mass is 338 g/mol. The average molecular weight is 338 g/mol. The molecule has 0 saturated heterocycles. The topological polar surface area (TPSA) is 75.3 Å². The highest BCUT2D eigenvalue weighted by Crippen LogP contribution is 2.18. The number of carbonyl (C=O) groups is 1. The van der Waals surface area contributed by atoms with E-state index in [0.717, 1.165) is 25.7 Å². The fourth-order valence-electron chi connectivity index (χ4n) is 2.68. The van der Waals surface area contributed by atoms with Crippen molar-refractivity contribution in [1.82, 2.24) is 10.0 Å². The summed E-state index contributed by atoms with van der Waals surface area (Å²) in [4.78, 5) is 12.5. The lowest BCUT2D eigenvalue weighted by Crippen LogP contribution is -2.36. The number of amides is 1. The van der Waals surface area contributed by atoms with Crippen molar-refractivity contribution in [1.29, 1.82) is 0 Å².